The Kier molecular flexibility index (Phi) is 3.76. The molecule has 3 aromatic rings. The second kappa shape index (κ2) is 6.20. The highest BCUT2D eigenvalue weighted by molar-refractivity contribution is 6.36. The van der Waals surface area contributed by atoms with Crippen molar-refractivity contribution in [3.8, 4) is 0 Å². The van der Waals surface area contributed by atoms with E-state index in [2.05, 4.69) is 4.90 Å². The van der Waals surface area contributed by atoms with Gasteiger partial charge in [0.2, 0.25) is 0 Å². The molecule has 2 aliphatic rings. The lowest BCUT2D eigenvalue weighted by Crippen LogP contribution is -2.40. The molecule has 1 saturated heterocycles. The molecule has 0 radical (unpaired) electrons. The molecule has 0 N–H and O–H groups in total. The van der Waals surface area contributed by atoms with E-state index in [1.54, 1.807) is 0 Å². The summed E-state index contributed by atoms with van der Waals surface area (Å²) < 4.78 is 0. The van der Waals surface area contributed by atoms with E-state index in [1.165, 1.54) is 17.7 Å². The van der Waals surface area contributed by atoms with Crippen LogP contribution in [0.4, 0.5) is 11.4 Å². The van der Waals surface area contributed by atoms with Crippen LogP contribution in [0.25, 0.3) is 10.8 Å². The van der Waals surface area contributed by atoms with Crippen LogP contribution in [0.15, 0.2) is 48.5 Å². The lowest BCUT2D eigenvalue weighted by Gasteiger charge is -2.29. The summed E-state index contributed by atoms with van der Waals surface area (Å²) in [7, 11) is 0. The topological polar surface area (TPSA) is 40.6 Å². The van der Waals surface area contributed by atoms with Crippen LogP contribution in [0.1, 0.15) is 44.7 Å². The molecule has 1 fully saturated rings. The Bertz CT molecular complexity index is 1120. The Balaban J connectivity index is 1.70. The molecule has 0 aromatic heterocycles. The summed E-state index contributed by atoms with van der Waals surface area (Å²) in [6, 6.07) is 15.4. The first-order chi connectivity index (χ1) is 13.6. The van der Waals surface area contributed by atoms with Crippen LogP contribution in [0.2, 0.25) is 0 Å². The molecule has 4 heteroatoms. The number of amides is 2. The van der Waals surface area contributed by atoms with Crippen LogP contribution in [-0.4, -0.2) is 24.9 Å². The molecule has 3 aromatic carbocycles. The SMILES string of the molecule is Cc1ccc(N2C(=O)c3cccc4c(N5CCCC5)ccc(c34)C2=O)cc1C. The Morgan fingerprint density at radius 1 is 0.786 bits per heavy atom. The van der Waals surface area contributed by atoms with Crippen molar-refractivity contribution < 1.29 is 9.59 Å². The van der Waals surface area contributed by atoms with Gasteiger partial charge in [-0.2, -0.15) is 0 Å². The molecule has 28 heavy (non-hydrogen) atoms. The molecule has 0 aliphatic carbocycles. The number of anilines is 2. The first-order valence-corrected chi connectivity index (χ1v) is 9.83. The van der Waals surface area contributed by atoms with Gasteiger partial charge in [-0.3, -0.25) is 9.59 Å². The van der Waals surface area contributed by atoms with Gasteiger partial charge in [0.05, 0.1) is 5.69 Å². The zero-order chi connectivity index (χ0) is 19.4. The first-order valence-electron chi connectivity index (χ1n) is 9.83. The van der Waals surface area contributed by atoms with E-state index in [1.807, 2.05) is 62.4 Å². The standard InChI is InChI=1S/C24H22N2O2/c1-15-8-9-17(14-16(15)2)26-23(27)19-7-5-6-18-21(25-12-3-4-13-25)11-10-20(22(18)19)24(26)28/h5-11,14H,3-4,12-13H2,1-2H3. The molecular formula is C24H22N2O2. The Labute approximate surface area is 164 Å². The summed E-state index contributed by atoms with van der Waals surface area (Å²) in [5.74, 6) is -0.491. The van der Waals surface area contributed by atoms with Crippen molar-refractivity contribution in [3.05, 3.63) is 70.8 Å². The zero-order valence-corrected chi connectivity index (χ0v) is 16.2. The number of nitrogens with zero attached hydrogens (tertiary/aromatic N) is 2. The van der Waals surface area contributed by atoms with Crippen molar-refractivity contribution >= 4 is 34.0 Å². The van der Waals surface area contributed by atoms with Crippen LogP contribution in [0, 0.1) is 13.8 Å². The predicted octanol–water partition coefficient (Wildman–Crippen LogP) is 4.86. The fourth-order valence-corrected chi connectivity index (χ4v) is 4.41. The number of hydrogen-bond donors (Lipinski definition) is 0. The second-order valence-corrected chi connectivity index (χ2v) is 7.77. The number of benzene rings is 3. The van der Waals surface area contributed by atoms with Crippen LogP contribution >= 0.6 is 0 Å². The van der Waals surface area contributed by atoms with Crippen LogP contribution < -0.4 is 9.80 Å². The number of imide groups is 1. The van der Waals surface area contributed by atoms with Gasteiger partial charge in [-0.1, -0.05) is 18.2 Å². The fourth-order valence-electron chi connectivity index (χ4n) is 4.41. The van der Waals surface area contributed by atoms with Gasteiger partial charge in [-0.05, 0) is 68.1 Å². The number of carbonyl (C=O) groups is 2. The second-order valence-electron chi connectivity index (χ2n) is 7.77. The van der Waals surface area contributed by atoms with E-state index in [0.29, 0.717) is 16.8 Å². The van der Waals surface area contributed by atoms with Crippen LogP contribution in [0.5, 0.6) is 0 Å². The normalized spacial score (nSPS) is 16.4. The third-order valence-electron chi connectivity index (χ3n) is 6.08. The molecule has 5 rings (SSSR count). The number of hydrogen-bond acceptors (Lipinski definition) is 3. The quantitative estimate of drug-likeness (QED) is 0.605. The van der Waals surface area contributed by atoms with E-state index >= 15 is 0 Å². The third-order valence-corrected chi connectivity index (χ3v) is 6.08. The molecule has 4 nitrogen and oxygen atoms in total. The van der Waals surface area contributed by atoms with E-state index < -0.39 is 0 Å². The van der Waals surface area contributed by atoms with Crippen LogP contribution in [-0.2, 0) is 0 Å². The lowest BCUT2D eigenvalue weighted by molar-refractivity contribution is 0.0893. The number of carbonyl (C=O) groups excluding carboxylic acids is 2. The maximum atomic E-state index is 13.3. The minimum atomic E-state index is -0.245. The lowest BCUT2D eigenvalue weighted by atomic mass is 9.92. The predicted molar refractivity (Wildman–Crippen MR) is 112 cm³/mol. The minimum Gasteiger partial charge on any atom is -0.371 e. The van der Waals surface area contributed by atoms with Gasteiger partial charge in [0.25, 0.3) is 11.8 Å². The van der Waals surface area contributed by atoms with Gasteiger partial charge >= 0.3 is 0 Å². The Morgan fingerprint density at radius 3 is 2.21 bits per heavy atom. The van der Waals surface area contributed by atoms with Crippen molar-refractivity contribution in [2.24, 2.45) is 0 Å². The average molecular weight is 370 g/mol. The molecule has 0 bridgehead atoms. The summed E-state index contributed by atoms with van der Waals surface area (Å²) in [5.41, 5.74) is 5.16. The maximum absolute atomic E-state index is 13.3. The molecular weight excluding hydrogens is 348 g/mol. The highest BCUT2D eigenvalue weighted by Gasteiger charge is 2.35. The largest absolute Gasteiger partial charge is 0.371 e. The van der Waals surface area contributed by atoms with Crippen molar-refractivity contribution in [3.63, 3.8) is 0 Å². The zero-order valence-electron chi connectivity index (χ0n) is 16.2. The minimum absolute atomic E-state index is 0.245. The van der Waals surface area contributed by atoms with Gasteiger partial charge in [0, 0.05) is 40.7 Å². The summed E-state index contributed by atoms with van der Waals surface area (Å²) in [6.07, 6.45) is 2.36. The van der Waals surface area contributed by atoms with Gasteiger partial charge in [-0.15, -0.1) is 0 Å². The summed E-state index contributed by atoms with van der Waals surface area (Å²) in [5, 5.41) is 1.79. The van der Waals surface area contributed by atoms with E-state index in [9.17, 15) is 9.59 Å². The smallest absolute Gasteiger partial charge is 0.265 e. The molecule has 2 heterocycles. The van der Waals surface area contributed by atoms with E-state index in [0.717, 1.165) is 40.7 Å². The number of aryl methyl sites for hydroxylation is 2. The Hall–Kier alpha value is -3.14. The molecule has 0 atom stereocenters. The highest BCUT2D eigenvalue weighted by atomic mass is 16.2. The van der Waals surface area contributed by atoms with Crippen molar-refractivity contribution in [1.29, 1.82) is 0 Å². The third kappa shape index (κ3) is 2.37. The maximum Gasteiger partial charge on any atom is 0.265 e. The molecule has 0 saturated carbocycles. The summed E-state index contributed by atoms with van der Waals surface area (Å²) in [6.45, 7) is 6.06. The average Bonchev–Trinajstić information content (AvgIpc) is 3.23. The molecule has 0 spiro atoms. The highest BCUT2D eigenvalue weighted by Crippen LogP contribution is 2.38. The van der Waals surface area contributed by atoms with Gasteiger partial charge in [0.15, 0.2) is 0 Å². The van der Waals surface area contributed by atoms with E-state index in [-0.39, 0.29) is 11.8 Å². The molecule has 2 aliphatic heterocycles. The first kappa shape index (κ1) is 17.0. The van der Waals surface area contributed by atoms with Crippen molar-refractivity contribution in [1.82, 2.24) is 0 Å². The monoisotopic (exact) mass is 370 g/mol. The van der Waals surface area contributed by atoms with Gasteiger partial charge in [-0.25, -0.2) is 4.90 Å². The molecule has 140 valence electrons. The van der Waals surface area contributed by atoms with Crippen molar-refractivity contribution in [2.45, 2.75) is 26.7 Å². The fraction of sp³-hybridized carbons (Fsp3) is 0.250. The van der Waals surface area contributed by atoms with E-state index in [4.69, 9.17) is 0 Å². The van der Waals surface area contributed by atoms with Crippen molar-refractivity contribution in [2.75, 3.05) is 22.9 Å². The Morgan fingerprint density at radius 2 is 1.50 bits per heavy atom. The summed E-state index contributed by atoms with van der Waals surface area (Å²) in [4.78, 5) is 30.3. The molecule has 0 unspecified atom stereocenters. The van der Waals surface area contributed by atoms with Gasteiger partial charge < -0.3 is 4.90 Å². The van der Waals surface area contributed by atoms with Crippen LogP contribution in [0.3, 0.4) is 0 Å². The summed E-state index contributed by atoms with van der Waals surface area (Å²) >= 11 is 0. The van der Waals surface area contributed by atoms with Gasteiger partial charge in [0.1, 0.15) is 0 Å². The molecule has 2 amide bonds. The number of rotatable bonds is 2.